The molecule has 0 aromatic heterocycles. The Bertz CT molecular complexity index is 1460. The van der Waals surface area contributed by atoms with Crippen molar-refractivity contribution in [1.29, 1.82) is 0 Å². The molecular weight excluding hydrogens is 420 g/mol. The van der Waals surface area contributed by atoms with Crippen molar-refractivity contribution in [2.75, 3.05) is 7.11 Å². The smallest absolute Gasteiger partial charge is 0.337 e. The summed E-state index contributed by atoms with van der Waals surface area (Å²) >= 11 is 0. The fourth-order valence-electron chi connectivity index (χ4n) is 3.36. The van der Waals surface area contributed by atoms with Gasteiger partial charge in [0.05, 0.1) is 23.3 Å². The van der Waals surface area contributed by atoms with Gasteiger partial charge in [-0.05, 0) is 58.8 Å². The number of carbonyl (C=O) groups excluding carboxylic acids is 1. The van der Waals surface area contributed by atoms with Crippen LogP contribution in [0.5, 0.6) is 0 Å². The average Bonchev–Trinajstić information content (AvgIpc) is 2.83. The van der Waals surface area contributed by atoms with E-state index in [2.05, 4.69) is 11.8 Å². The molecule has 0 N–H and O–H groups in total. The quantitative estimate of drug-likeness (QED) is 0.331. The topological polar surface area (TPSA) is 60.4 Å². The predicted octanol–water partition coefficient (Wildman–Crippen LogP) is 5.00. The van der Waals surface area contributed by atoms with Gasteiger partial charge in [0, 0.05) is 11.1 Å². The molecule has 5 heteroatoms. The zero-order valence-electron chi connectivity index (χ0n) is 17.4. The van der Waals surface area contributed by atoms with Crippen LogP contribution >= 0.6 is 0 Å². The molecule has 32 heavy (non-hydrogen) atoms. The Hall–Kier alpha value is -3.88. The van der Waals surface area contributed by atoms with Crippen LogP contribution in [0.2, 0.25) is 0 Å². The van der Waals surface area contributed by atoms with Crippen molar-refractivity contribution in [2.24, 2.45) is 0 Å². The summed E-state index contributed by atoms with van der Waals surface area (Å²) in [6, 6.07) is 26.8. The van der Waals surface area contributed by atoms with Gasteiger partial charge >= 0.3 is 5.97 Å². The zero-order chi connectivity index (χ0) is 22.6. The summed E-state index contributed by atoms with van der Waals surface area (Å²) in [4.78, 5) is 11.8. The van der Waals surface area contributed by atoms with Crippen LogP contribution in [-0.4, -0.2) is 21.5 Å². The summed E-state index contributed by atoms with van der Waals surface area (Å²) < 4.78 is 30.9. The Balaban J connectivity index is 1.61. The molecule has 4 aromatic rings. The van der Waals surface area contributed by atoms with E-state index in [0.717, 1.165) is 10.8 Å². The van der Waals surface area contributed by atoms with Crippen LogP contribution in [-0.2, 0) is 20.3 Å². The first-order valence-electron chi connectivity index (χ1n) is 9.96. The van der Waals surface area contributed by atoms with Crippen LogP contribution in [0.4, 0.5) is 0 Å². The Morgan fingerprint density at radius 2 is 1.50 bits per heavy atom. The lowest BCUT2D eigenvalue weighted by atomic mass is 10.1. The SMILES string of the molecule is COC(=O)c1ccc(C#Cc2ccccc2CS(=O)(=O)c2ccc3ccccc3c2)cc1. The normalized spacial score (nSPS) is 10.9. The van der Waals surface area contributed by atoms with Crippen molar-refractivity contribution in [1.82, 2.24) is 0 Å². The number of carbonyl (C=O) groups is 1. The molecule has 0 aliphatic rings. The van der Waals surface area contributed by atoms with E-state index in [9.17, 15) is 13.2 Å². The van der Waals surface area contributed by atoms with Crippen LogP contribution < -0.4 is 0 Å². The lowest BCUT2D eigenvalue weighted by Gasteiger charge is -2.08. The second-order valence-corrected chi connectivity index (χ2v) is 9.23. The third-order valence-corrected chi connectivity index (χ3v) is 6.75. The minimum Gasteiger partial charge on any atom is -0.465 e. The van der Waals surface area contributed by atoms with Gasteiger partial charge in [0.25, 0.3) is 0 Å². The second-order valence-electron chi connectivity index (χ2n) is 7.24. The molecule has 0 amide bonds. The first-order chi connectivity index (χ1) is 15.5. The van der Waals surface area contributed by atoms with Gasteiger partial charge in [-0.1, -0.05) is 60.4 Å². The number of fused-ring (bicyclic) bond motifs is 1. The van der Waals surface area contributed by atoms with Gasteiger partial charge in [0.15, 0.2) is 9.84 Å². The van der Waals surface area contributed by atoms with E-state index in [1.165, 1.54) is 7.11 Å². The maximum atomic E-state index is 13.1. The van der Waals surface area contributed by atoms with E-state index in [0.29, 0.717) is 22.3 Å². The minimum atomic E-state index is -3.55. The monoisotopic (exact) mass is 440 g/mol. The first kappa shape index (κ1) is 21.4. The van der Waals surface area contributed by atoms with Crippen molar-refractivity contribution in [3.05, 3.63) is 113 Å². The van der Waals surface area contributed by atoms with Gasteiger partial charge in [0.1, 0.15) is 0 Å². The van der Waals surface area contributed by atoms with E-state index in [1.54, 1.807) is 48.5 Å². The number of hydrogen-bond acceptors (Lipinski definition) is 4. The number of esters is 1. The molecule has 0 radical (unpaired) electrons. The van der Waals surface area contributed by atoms with Crippen LogP contribution in [0.3, 0.4) is 0 Å². The molecule has 0 aliphatic carbocycles. The summed E-state index contributed by atoms with van der Waals surface area (Å²) in [5.74, 6) is 5.55. The summed E-state index contributed by atoms with van der Waals surface area (Å²) in [7, 11) is -2.22. The number of methoxy groups -OCH3 is 1. The lowest BCUT2D eigenvalue weighted by Crippen LogP contribution is -2.06. The molecule has 158 valence electrons. The second kappa shape index (κ2) is 9.09. The summed E-state index contributed by atoms with van der Waals surface area (Å²) in [5.41, 5.74) is 2.44. The van der Waals surface area contributed by atoms with E-state index < -0.39 is 15.8 Å². The van der Waals surface area contributed by atoms with Crippen molar-refractivity contribution in [3.63, 3.8) is 0 Å². The zero-order valence-corrected chi connectivity index (χ0v) is 18.2. The number of sulfone groups is 1. The van der Waals surface area contributed by atoms with Crippen molar-refractivity contribution >= 4 is 26.6 Å². The fraction of sp³-hybridized carbons (Fsp3) is 0.0741. The Kier molecular flexibility index (Phi) is 6.07. The highest BCUT2D eigenvalue weighted by Gasteiger charge is 2.17. The maximum absolute atomic E-state index is 13.1. The number of benzene rings is 4. The third kappa shape index (κ3) is 4.72. The Morgan fingerprint density at radius 1 is 0.812 bits per heavy atom. The molecule has 0 aliphatic heterocycles. The molecule has 4 rings (SSSR count). The van der Waals surface area contributed by atoms with Gasteiger partial charge in [-0.3, -0.25) is 0 Å². The van der Waals surface area contributed by atoms with E-state index >= 15 is 0 Å². The van der Waals surface area contributed by atoms with Gasteiger partial charge in [-0.25, -0.2) is 13.2 Å². The van der Waals surface area contributed by atoms with E-state index in [-0.39, 0.29) is 10.6 Å². The molecule has 0 bridgehead atoms. The number of hydrogen-bond donors (Lipinski definition) is 0. The highest BCUT2D eigenvalue weighted by atomic mass is 32.2. The molecule has 0 saturated carbocycles. The molecule has 4 aromatic carbocycles. The third-order valence-electron chi connectivity index (χ3n) is 5.09. The molecular formula is C27H20O4S. The molecule has 0 saturated heterocycles. The van der Waals surface area contributed by atoms with E-state index in [4.69, 9.17) is 4.74 Å². The first-order valence-corrected chi connectivity index (χ1v) is 11.6. The summed E-state index contributed by atoms with van der Waals surface area (Å²) in [6.45, 7) is 0. The summed E-state index contributed by atoms with van der Waals surface area (Å²) in [5, 5.41) is 1.88. The molecule has 0 atom stereocenters. The average molecular weight is 441 g/mol. The number of rotatable bonds is 4. The van der Waals surface area contributed by atoms with Gasteiger partial charge in [0.2, 0.25) is 0 Å². The molecule has 4 nitrogen and oxygen atoms in total. The predicted molar refractivity (Wildman–Crippen MR) is 125 cm³/mol. The van der Waals surface area contributed by atoms with Crippen LogP contribution in [0.25, 0.3) is 10.8 Å². The van der Waals surface area contributed by atoms with Gasteiger partial charge < -0.3 is 4.74 Å². The Morgan fingerprint density at radius 3 is 2.25 bits per heavy atom. The van der Waals surface area contributed by atoms with E-state index in [1.807, 2.05) is 42.5 Å². The molecule has 0 spiro atoms. The highest BCUT2D eigenvalue weighted by molar-refractivity contribution is 7.90. The highest BCUT2D eigenvalue weighted by Crippen LogP contribution is 2.23. The van der Waals surface area contributed by atoms with Gasteiger partial charge in [-0.2, -0.15) is 0 Å². The minimum absolute atomic E-state index is 0.141. The molecule has 0 heterocycles. The maximum Gasteiger partial charge on any atom is 0.337 e. The number of ether oxygens (including phenoxy) is 1. The lowest BCUT2D eigenvalue weighted by molar-refractivity contribution is 0.0600. The van der Waals surface area contributed by atoms with Gasteiger partial charge in [-0.15, -0.1) is 0 Å². The molecule has 0 fully saturated rings. The largest absolute Gasteiger partial charge is 0.465 e. The van der Waals surface area contributed by atoms with Crippen molar-refractivity contribution in [3.8, 4) is 11.8 Å². The van der Waals surface area contributed by atoms with Crippen molar-refractivity contribution < 1.29 is 17.9 Å². The van der Waals surface area contributed by atoms with Crippen LogP contribution in [0.15, 0.2) is 95.9 Å². The van der Waals surface area contributed by atoms with Crippen LogP contribution in [0.1, 0.15) is 27.0 Å². The standard InChI is InChI=1S/C27H20O4S/c1-31-27(28)23-14-11-20(12-15-23)10-13-22-7-3-5-9-25(22)19-32(29,30)26-17-16-21-6-2-4-8-24(21)18-26/h2-9,11-12,14-18H,19H2,1H3. The summed E-state index contributed by atoms with van der Waals surface area (Å²) in [6.07, 6.45) is 0. The van der Waals surface area contributed by atoms with Crippen molar-refractivity contribution in [2.45, 2.75) is 10.6 Å². The van der Waals surface area contributed by atoms with Crippen LogP contribution in [0, 0.1) is 11.8 Å². The Labute approximate surface area is 187 Å². The molecule has 0 unspecified atom stereocenters. The fourth-order valence-corrected chi connectivity index (χ4v) is 4.77.